The fraction of sp³-hybridized carbons (Fsp3) is 0.0769. The van der Waals surface area contributed by atoms with E-state index in [1.165, 1.54) is 31.4 Å². The number of H-pyrrole nitrogens is 1. The summed E-state index contributed by atoms with van der Waals surface area (Å²) in [6, 6.07) is 5.42. The van der Waals surface area contributed by atoms with E-state index in [-0.39, 0.29) is 21.0 Å². The van der Waals surface area contributed by atoms with Gasteiger partial charge in [0, 0.05) is 6.07 Å². The number of carbonyl (C=O) groups is 1. The monoisotopic (exact) mass is 354 g/mol. The van der Waals surface area contributed by atoms with Crippen molar-refractivity contribution in [3.8, 4) is 0 Å². The van der Waals surface area contributed by atoms with Crippen LogP contribution in [0.2, 0.25) is 0 Å². The fourth-order valence-corrected chi connectivity index (χ4v) is 3.85. The van der Waals surface area contributed by atoms with Crippen molar-refractivity contribution in [1.82, 2.24) is 4.98 Å². The molecule has 10 heteroatoms. The Kier molecular flexibility index (Phi) is 3.70. The Balaban J connectivity index is 1.99. The van der Waals surface area contributed by atoms with Crippen molar-refractivity contribution < 1.29 is 22.4 Å². The zero-order valence-corrected chi connectivity index (χ0v) is 13.3. The number of fused-ring (bicyclic) bond motifs is 1. The largest absolute Gasteiger partial charge is 0.465 e. The number of methoxy groups -OCH3 is 1. The Labute approximate surface area is 133 Å². The topological polar surface area (TPSA) is 118 Å². The summed E-state index contributed by atoms with van der Waals surface area (Å²) < 4.78 is 36.6. The van der Waals surface area contributed by atoms with Gasteiger partial charge in [-0.05, 0) is 23.6 Å². The number of rotatable bonds is 4. The van der Waals surface area contributed by atoms with Crippen molar-refractivity contribution in [2.24, 2.45) is 0 Å². The molecule has 0 radical (unpaired) electrons. The van der Waals surface area contributed by atoms with Crippen LogP contribution in [0.1, 0.15) is 9.67 Å². The van der Waals surface area contributed by atoms with Gasteiger partial charge < -0.3 is 9.15 Å². The molecule has 0 aliphatic rings. The van der Waals surface area contributed by atoms with Crippen molar-refractivity contribution >= 4 is 44.1 Å². The number of thiophene rings is 1. The van der Waals surface area contributed by atoms with Crippen LogP contribution in [-0.4, -0.2) is 26.5 Å². The second-order valence-electron chi connectivity index (χ2n) is 4.43. The molecular weight excluding hydrogens is 344 g/mol. The molecule has 0 atom stereocenters. The highest BCUT2D eigenvalue weighted by Gasteiger charge is 2.21. The van der Waals surface area contributed by atoms with Crippen molar-refractivity contribution in [2.45, 2.75) is 4.90 Å². The van der Waals surface area contributed by atoms with E-state index in [9.17, 15) is 18.0 Å². The van der Waals surface area contributed by atoms with Crippen LogP contribution in [0.15, 0.2) is 43.8 Å². The zero-order valence-electron chi connectivity index (χ0n) is 11.7. The van der Waals surface area contributed by atoms with Gasteiger partial charge in [0.1, 0.15) is 4.88 Å². The summed E-state index contributed by atoms with van der Waals surface area (Å²) in [6.07, 6.45) is 0. The minimum Gasteiger partial charge on any atom is -0.465 e. The summed E-state index contributed by atoms with van der Waals surface area (Å²) in [5, 5.41) is 1.57. The third kappa shape index (κ3) is 2.85. The number of hydrogen-bond acceptors (Lipinski definition) is 7. The van der Waals surface area contributed by atoms with E-state index in [0.717, 1.165) is 11.3 Å². The molecule has 0 aliphatic carbocycles. The van der Waals surface area contributed by atoms with Crippen molar-refractivity contribution in [2.75, 3.05) is 11.8 Å². The maximum atomic E-state index is 12.4. The van der Waals surface area contributed by atoms with E-state index in [2.05, 4.69) is 14.4 Å². The SMILES string of the molecule is COC(=O)c1sccc1NS(=O)(=O)c1ccc2[nH]c(=O)oc2c1. The highest BCUT2D eigenvalue weighted by Crippen LogP contribution is 2.26. The number of benzene rings is 1. The Hall–Kier alpha value is -2.59. The first-order chi connectivity index (χ1) is 10.9. The third-order valence-corrected chi connectivity index (χ3v) is 5.24. The molecule has 120 valence electrons. The number of ether oxygens (including phenoxy) is 1. The first-order valence-corrected chi connectivity index (χ1v) is 8.58. The number of anilines is 1. The summed E-state index contributed by atoms with van der Waals surface area (Å²) in [5.74, 6) is -1.31. The Morgan fingerprint density at radius 3 is 2.87 bits per heavy atom. The molecular formula is C13H10N2O6S2. The maximum absolute atomic E-state index is 12.4. The summed E-state index contributed by atoms with van der Waals surface area (Å²) in [5.41, 5.74) is 0.633. The summed E-state index contributed by atoms with van der Waals surface area (Å²) >= 11 is 1.06. The molecule has 0 aliphatic heterocycles. The second kappa shape index (κ2) is 5.56. The van der Waals surface area contributed by atoms with Gasteiger partial charge in [0.05, 0.1) is 23.2 Å². The molecule has 0 spiro atoms. The van der Waals surface area contributed by atoms with E-state index < -0.39 is 21.7 Å². The molecule has 23 heavy (non-hydrogen) atoms. The van der Waals surface area contributed by atoms with Crippen LogP contribution in [0.5, 0.6) is 0 Å². The molecule has 2 heterocycles. The van der Waals surface area contributed by atoms with Crippen LogP contribution in [0, 0.1) is 0 Å². The number of hydrogen-bond donors (Lipinski definition) is 2. The first-order valence-electron chi connectivity index (χ1n) is 6.22. The number of sulfonamides is 1. The predicted octanol–water partition coefficient (Wildman–Crippen LogP) is 1.77. The number of esters is 1. The first kappa shape index (κ1) is 15.3. The average Bonchev–Trinajstić information content (AvgIpc) is 3.10. The van der Waals surface area contributed by atoms with Gasteiger partial charge in [-0.25, -0.2) is 18.0 Å². The van der Waals surface area contributed by atoms with E-state index in [0.29, 0.717) is 5.52 Å². The molecule has 1 aromatic carbocycles. The molecule has 0 saturated heterocycles. The molecule has 3 rings (SSSR count). The van der Waals surface area contributed by atoms with Gasteiger partial charge in [0.2, 0.25) is 0 Å². The fourth-order valence-electron chi connectivity index (χ4n) is 1.94. The third-order valence-electron chi connectivity index (χ3n) is 2.98. The van der Waals surface area contributed by atoms with Crippen molar-refractivity contribution in [3.05, 3.63) is 45.1 Å². The quantitative estimate of drug-likeness (QED) is 0.689. The minimum atomic E-state index is -3.96. The second-order valence-corrected chi connectivity index (χ2v) is 7.03. The smallest absolute Gasteiger partial charge is 0.417 e. The lowest BCUT2D eigenvalue weighted by Gasteiger charge is -2.08. The van der Waals surface area contributed by atoms with Gasteiger partial charge in [-0.3, -0.25) is 9.71 Å². The molecule has 0 fully saturated rings. The average molecular weight is 354 g/mol. The van der Waals surface area contributed by atoms with Crippen LogP contribution in [-0.2, 0) is 14.8 Å². The van der Waals surface area contributed by atoms with Gasteiger partial charge >= 0.3 is 11.7 Å². The molecule has 3 aromatic rings. The maximum Gasteiger partial charge on any atom is 0.417 e. The van der Waals surface area contributed by atoms with Gasteiger partial charge in [0.15, 0.2) is 5.58 Å². The van der Waals surface area contributed by atoms with Gasteiger partial charge in [-0.2, -0.15) is 0 Å². The van der Waals surface area contributed by atoms with Crippen LogP contribution in [0.3, 0.4) is 0 Å². The van der Waals surface area contributed by atoms with Crippen LogP contribution >= 0.6 is 11.3 Å². The van der Waals surface area contributed by atoms with Gasteiger partial charge in [-0.1, -0.05) is 0 Å². The van der Waals surface area contributed by atoms with Gasteiger partial charge in [0.25, 0.3) is 10.0 Å². The molecule has 0 amide bonds. The number of nitrogens with one attached hydrogen (secondary N) is 2. The molecule has 2 N–H and O–H groups in total. The number of aromatic nitrogens is 1. The highest BCUT2D eigenvalue weighted by atomic mass is 32.2. The highest BCUT2D eigenvalue weighted by molar-refractivity contribution is 7.92. The van der Waals surface area contributed by atoms with E-state index in [1.807, 2.05) is 0 Å². The number of aromatic amines is 1. The molecule has 0 bridgehead atoms. The van der Waals surface area contributed by atoms with E-state index in [1.54, 1.807) is 5.38 Å². The molecule has 0 saturated carbocycles. The molecule has 0 unspecified atom stereocenters. The van der Waals surface area contributed by atoms with Gasteiger partial charge in [-0.15, -0.1) is 11.3 Å². The van der Waals surface area contributed by atoms with Crippen molar-refractivity contribution in [1.29, 1.82) is 0 Å². The zero-order chi connectivity index (χ0) is 16.6. The Morgan fingerprint density at radius 1 is 1.35 bits per heavy atom. The van der Waals surface area contributed by atoms with Crippen molar-refractivity contribution in [3.63, 3.8) is 0 Å². The summed E-state index contributed by atoms with van der Waals surface area (Å²) in [6.45, 7) is 0. The van der Waals surface area contributed by atoms with Crippen LogP contribution in [0.4, 0.5) is 5.69 Å². The Morgan fingerprint density at radius 2 is 2.13 bits per heavy atom. The standard InChI is InChI=1S/C13H10N2O6S2/c1-20-12(16)11-9(4-5-22-11)15-23(18,19)7-2-3-8-10(6-7)21-13(17)14-8/h2-6,15H,1H3,(H,14,17). The summed E-state index contributed by atoms with van der Waals surface area (Å²) in [7, 11) is -2.75. The number of oxazole rings is 1. The Bertz CT molecular complexity index is 1040. The van der Waals surface area contributed by atoms with Crippen LogP contribution < -0.4 is 10.5 Å². The normalized spacial score (nSPS) is 11.5. The summed E-state index contributed by atoms with van der Waals surface area (Å²) in [4.78, 5) is 25.2. The van der Waals surface area contributed by atoms with Crippen LogP contribution in [0.25, 0.3) is 11.1 Å². The van der Waals surface area contributed by atoms with E-state index >= 15 is 0 Å². The lowest BCUT2D eigenvalue weighted by Crippen LogP contribution is -2.14. The number of carbonyl (C=O) groups excluding carboxylic acids is 1. The lowest BCUT2D eigenvalue weighted by atomic mass is 10.3. The lowest BCUT2D eigenvalue weighted by molar-refractivity contribution is 0.0607. The minimum absolute atomic E-state index is 0.102. The molecule has 2 aromatic heterocycles. The van der Waals surface area contributed by atoms with E-state index in [4.69, 9.17) is 4.42 Å². The predicted molar refractivity (Wildman–Crippen MR) is 83.3 cm³/mol. The molecule has 8 nitrogen and oxygen atoms in total.